The molecule has 1 saturated carbocycles. The average Bonchev–Trinajstić information content (AvgIpc) is 3.45. The van der Waals surface area contributed by atoms with Crippen molar-refractivity contribution in [3.63, 3.8) is 0 Å². The third kappa shape index (κ3) is 5.08. The summed E-state index contributed by atoms with van der Waals surface area (Å²) in [6.07, 6.45) is 7.37. The number of carbonyl (C=O) groups is 3. The molecule has 9 heteroatoms. The number of hydrogen-bond donors (Lipinski definition) is 1. The van der Waals surface area contributed by atoms with Crippen molar-refractivity contribution >= 4 is 17.6 Å². The summed E-state index contributed by atoms with van der Waals surface area (Å²) in [5, 5.41) is 6.84. The van der Waals surface area contributed by atoms with Crippen LogP contribution < -0.4 is 5.56 Å². The fourth-order valence-corrected chi connectivity index (χ4v) is 6.03. The zero-order valence-corrected chi connectivity index (χ0v) is 21.2. The number of aromatic nitrogens is 2. The summed E-state index contributed by atoms with van der Waals surface area (Å²) in [5.41, 5.74) is 3.07. The van der Waals surface area contributed by atoms with E-state index in [1.807, 2.05) is 6.92 Å². The fourth-order valence-electron chi connectivity index (χ4n) is 6.03. The molecular formula is C28H33FN4O4. The van der Waals surface area contributed by atoms with Crippen LogP contribution in [0.3, 0.4) is 0 Å². The van der Waals surface area contributed by atoms with Crippen molar-refractivity contribution in [2.45, 2.75) is 70.8 Å². The van der Waals surface area contributed by atoms with Crippen molar-refractivity contribution in [2.75, 3.05) is 19.6 Å². The van der Waals surface area contributed by atoms with Gasteiger partial charge in [-0.25, -0.2) is 9.49 Å². The first-order chi connectivity index (χ1) is 17.8. The lowest BCUT2D eigenvalue weighted by molar-refractivity contribution is -0.149. The second-order valence-electron chi connectivity index (χ2n) is 10.6. The van der Waals surface area contributed by atoms with Crippen LogP contribution in [-0.2, 0) is 28.9 Å². The van der Waals surface area contributed by atoms with E-state index >= 15 is 0 Å². The maximum absolute atomic E-state index is 14.8. The van der Waals surface area contributed by atoms with E-state index in [1.54, 1.807) is 21.9 Å². The van der Waals surface area contributed by atoms with Gasteiger partial charge in [0.15, 0.2) is 0 Å². The first kappa shape index (κ1) is 25.3. The predicted octanol–water partition coefficient (Wildman–Crippen LogP) is 2.81. The Bertz CT molecular complexity index is 1280. The number of carbonyl (C=O) groups excluding carboxylic acids is 3. The number of hydrogen-bond acceptors (Lipinski definition) is 5. The average molecular weight is 509 g/mol. The molecular weight excluding hydrogens is 475 g/mol. The zero-order chi connectivity index (χ0) is 26.1. The molecule has 0 unspecified atom stereocenters. The number of amides is 2. The van der Waals surface area contributed by atoms with Crippen molar-refractivity contribution in [2.24, 2.45) is 5.92 Å². The predicted molar refractivity (Wildman–Crippen MR) is 135 cm³/mol. The number of ketones is 1. The van der Waals surface area contributed by atoms with Crippen molar-refractivity contribution in [3.8, 4) is 0 Å². The lowest BCUT2D eigenvalue weighted by Crippen LogP contribution is -2.57. The maximum atomic E-state index is 14.8. The number of rotatable bonds is 5. The summed E-state index contributed by atoms with van der Waals surface area (Å²) in [7, 11) is 0. The monoisotopic (exact) mass is 508 g/mol. The molecule has 0 spiro atoms. The minimum Gasteiger partial charge on any atom is -0.335 e. The number of fused-ring (bicyclic) bond motifs is 1. The SMILES string of the molecule is C[C@@H]1CN(C(=O)c2cc(Cc3n[nH]c(=O)c4c3CCCC4)ccc2F)CCN1C(=O)C(=O)C1CCCC1. The highest BCUT2D eigenvalue weighted by molar-refractivity contribution is 6.37. The second-order valence-corrected chi connectivity index (χ2v) is 10.6. The molecule has 2 heterocycles. The molecule has 1 aliphatic heterocycles. The minimum absolute atomic E-state index is 0.0233. The lowest BCUT2D eigenvalue weighted by Gasteiger charge is -2.39. The van der Waals surface area contributed by atoms with Crippen molar-refractivity contribution in [1.29, 1.82) is 0 Å². The third-order valence-corrected chi connectivity index (χ3v) is 8.13. The number of piperazine rings is 1. The van der Waals surface area contributed by atoms with E-state index in [0.717, 1.165) is 73.8 Å². The van der Waals surface area contributed by atoms with Gasteiger partial charge < -0.3 is 9.80 Å². The molecule has 5 rings (SSSR count). The second kappa shape index (κ2) is 10.6. The Balaban J connectivity index is 1.29. The van der Waals surface area contributed by atoms with Crippen LogP contribution in [0.15, 0.2) is 23.0 Å². The number of aromatic amines is 1. The van der Waals surface area contributed by atoms with Crippen molar-refractivity contribution in [3.05, 3.63) is 62.3 Å². The lowest BCUT2D eigenvalue weighted by atomic mass is 9.90. The molecule has 2 aromatic rings. The van der Waals surface area contributed by atoms with Crippen LogP contribution in [-0.4, -0.2) is 63.3 Å². The molecule has 1 aromatic heterocycles. The van der Waals surface area contributed by atoms with Gasteiger partial charge in [-0.2, -0.15) is 5.10 Å². The summed E-state index contributed by atoms with van der Waals surface area (Å²) in [6.45, 7) is 2.54. The number of Topliss-reactive ketones (excluding diaryl/α,β-unsaturated/α-hetero) is 1. The fraction of sp³-hybridized carbons (Fsp3) is 0.536. The van der Waals surface area contributed by atoms with Crippen molar-refractivity contribution in [1.82, 2.24) is 20.0 Å². The van der Waals surface area contributed by atoms with Gasteiger partial charge in [0.1, 0.15) is 5.82 Å². The van der Waals surface area contributed by atoms with Crippen LogP contribution in [0.4, 0.5) is 4.39 Å². The van der Waals surface area contributed by atoms with Gasteiger partial charge in [-0.3, -0.25) is 19.2 Å². The van der Waals surface area contributed by atoms with Gasteiger partial charge in [0.2, 0.25) is 5.78 Å². The molecule has 196 valence electrons. The maximum Gasteiger partial charge on any atom is 0.290 e. The standard InChI is InChI=1S/C28H33FN4O4/c1-17-16-32(12-13-33(17)28(37)25(34)19-6-2-3-7-19)27(36)22-14-18(10-11-23(22)29)15-24-20-8-4-5-9-21(20)26(35)31-30-24/h10-11,14,17,19H,2-9,12-13,15-16H2,1H3,(H,31,35)/t17-/m1/s1. The first-order valence-corrected chi connectivity index (χ1v) is 13.3. The third-order valence-electron chi connectivity index (χ3n) is 8.13. The highest BCUT2D eigenvalue weighted by Crippen LogP contribution is 2.27. The van der Waals surface area contributed by atoms with E-state index < -0.39 is 17.6 Å². The smallest absolute Gasteiger partial charge is 0.290 e. The number of H-pyrrole nitrogens is 1. The van der Waals surface area contributed by atoms with E-state index in [4.69, 9.17) is 0 Å². The molecule has 37 heavy (non-hydrogen) atoms. The normalized spacial score (nSPS) is 20.1. The Morgan fingerprint density at radius 1 is 1.05 bits per heavy atom. The number of nitrogens with one attached hydrogen (secondary N) is 1. The zero-order valence-electron chi connectivity index (χ0n) is 21.2. The Kier molecular flexibility index (Phi) is 7.22. The molecule has 1 aromatic carbocycles. The highest BCUT2D eigenvalue weighted by atomic mass is 19.1. The number of nitrogens with zero attached hydrogens (tertiary/aromatic N) is 3. The first-order valence-electron chi connectivity index (χ1n) is 13.3. The molecule has 1 atom stereocenters. The van der Waals surface area contributed by atoms with Crippen LogP contribution in [0.25, 0.3) is 0 Å². The quantitative estimate of drug-likeness (QED) is 0.626. The number of halogens is 1. The van der Waals surface area contributed by atoms with Gasteiger partial charge in [0.05, 0.1) is 11.3 Å². The largest absolute Gasteiger partial charge is 0.335 e. The Morgan fingerprint density at radius 2 is 1.78 bits per heavy atom. The molecule has 8 nitrogen and oxygen atoms in total. The van der Waals surface area contributed by atoms with Crippen LogP contribution in [0, 0.1) is 11.7 Å². The van der Waals surface area contributed by atoms with Crippen LogP contribution in [0.1, 0.15) is 78.2 Å². The van der Waals surface area contributed by atoms with Crippen LogP contribution in [0.2, 0.25) is 0 Å². The van der Waals surface area contributed by atoms with E-state index in [0.29, 0.717) is 6.42 Å². The molecule has 2 fully saturated rings. The molecule has 0 radical (unpaired) electrons. The minimum atomic E-state index is -0.604. The van der Waals surface area contributed by atoms with Gasteiger partial charge in [-0.15, -0.1) is 0 Å². The van der Waals surface area contributed by atoms with Crippen LogP contribution >= 0.6 is 0 Å². The molecule has 1 N–H and O–H groups in total. The molecule has 0 bridgehead atoms. The summed E-state index contributed by atoms with van der Waals surface area (Å²) in [6, 6.07) is 4.16. The van der Waals surface area contributed by atoms with E-state index in [2.05, 4.69) is 10.2 Å². The van der Waals surface area contributed by atoms with Gasteiger partial charge in [0, 0.05) is 43.6 Å². The Labute approximate surface area is 215 Å². The molecule has 2 aliphatic carbocycles. The van der Waals surface area contributed by atoms with Crippen LogP contribution in [0.5, 0.6) is 0 Å². The summed E-state index contributed by atoms with van der Waals surface area (Å²) < 4.78 is 14.8. The van der Waals surface area contributed by atoms with E-state index in [-0.39, 0.29) is 48.5 Å². The van der Waals surface area contributed by atoms with E-state index in [9.17, 15) is 23.6 Å². The summed E-state index contributed by atoms with van der Waals surface area (Å²) in [5.74, 6) is -2.00. The Hall–Kier alpha value is -3.36. The van der Waals surface area contributed by atoms with Gasteiger partial charge in [-0.1, -0.05) is 18.9 Å². The molecule has 2 amide bonds. The van der Waals surface area contributed by atoms with Crippen molar-refractivity contribution < 1.29 is 18.8 Å². The highest BCUT2D eigenvalue weighted by Gasteiger charge is 2.37. The van der Waals surface area contributed by atoms with Gasteiger partial charge >= 0.3 is 0 Å². The van der Waals surface area contributed by atoms with E-state index in [1.165, 1.54) is 6.07 Å². The topological polar surface area (TPSA) is 103 Å². The summed E-state index contributed by atoms with van der Waals surface area (Å²) in [4.78, 5) is 54.0. The van der Waals surface area contributed by atoms with Gasteiger partial charge in [0.25, 0.3) is 17.4 Å². The van der Waals surface area contributed by atoms with Gasteiger partial charge in [-0.05, 0) is 68.7 Å². The molecule has 3 aliphatic rings. The Morgan fingerprint density at radius 3 is 2.51 bits per heavy atom. The number of benzene rings is 1. The summed E-state index contributed by atoms with van der Waals surface area (Å²) >= 11 is 0. The molecule has 1 saturated heterocycles.